The van der Waals surface area contributed by atoms with Crippen molar-refractivity contribution >= 4 is 5.91 Å². The van der Waals surface area contributed by atoms with Gasteiger partial charge in [-0.05, 0) is 12.1 Å². The van der Waals surface area contributed by atoms with Gasteiger partial charge in [0.1, 0.15) is 5.56 Å². The molecular formula is C14H14N4O3. The van der Waals surface area contributed by atoms with Crippen LogP contribution < -0.4 is 16.6 Å². The minimum atomic E-state index is -0.661. The molecule has 0 fully saturated rings. The van der Waals surface area contributed by atoms with E-state index < -0.39 is 17.2 Å². The van der Waals surface area contributed by atoms with Crippen LogP contribution in [0.1, 0.15) is 16.1 Å². The van der Waals surface area contributed by atoms with Crippen molar-refractivity contribution in [3.05, 3.63) is 75.3 Å². The zero-order chi connectivity index (χ0) is 15.2. The molecule has 0 aliphatic rings. The Balaban J connectivity index is 2.38. The molecule has 7 heteroatoms. The van der Waals surface area contributed by atoms with Crippen LogP contribution in [0.5, 0.6) is 0 Å². The van der Waals surface area contributed by atoms with Gasteiger partial charge in [0, 0.05) is 18.9 Å². The van der Waals surface area contributed by atoms with Crippen molar-refractivity contribution < 1.29 is 4.79 Å². The first-order valence-electron chi connectivity index (χ1n) is 6.25. The molecule has 2 rings (SSSR count). The van der Waals surface area contributed by atoms with E-state index in [4.69, 9.17) is 0 Å². The van der Waals surface area contributed by atoms with Crippen LogP contribution in [-0.4, -0.2) is 27.0 Å². The minimum Gasteiger partial charge on any atom is -0.348 e. The minimum absolute atomic E-state index is 0.00240. The third-order valence-corrected chi connectivity index (χ3v) is 2.76. The molecule has 0 radical (unpaired) electrons. The number of aromatic nitrogens is 3. The van der Waals surface area contributed by atoms with Crippen LogP contribution in [0.15, 0.2) is 52.8 Å². The van der Waals surface area contributed by atoms with E-state index in [0.717, 1.165) is 10.8 Å². The van der Waals surface area contributed by atoms with Crippen LogP contribution in [0.2, 0.25) is 0 Å². The van der Waals surface area contributed by atoms with Gasteiger partial charge in [0.05, 0.1) is 12.2 Å². The summed E-state index contributed by atoms with van der Waals surface area (Å²) in [5.41, 5.74) is -0.835. The summed E-state index contributed by atoms with van der Waals surface area (Å²) >= 11 is 0. The van der Waals surface area contributed by atoms with Gasteiger partial charge in [0.15, 0.2) is 0 Å². The van der Waals surface area contributed by atoms with Crippen LogP contribution in [-0.2, 0) is 6.54 Å². The highest BCUT2D eigenvalue weighted by atomic mass is 16.2. The summed E-state index contributed by atoms with van der Waals surface area (Å²) in [6.45, 7) is 3.70. The maximum absolute atomic E-state index is 12.2. The molecule has 2 N–H and O–H groups in total. The normalized spacial score (nSPS) is 10.1. The average Bonchev–Trinajstić information content (AvgIpc) is 2.50. The average molecular weight is 286 g/mol. The molecule has 0 aliphatic heterocycles. The molecule has 0 atom stereocenters. The van der Waals surface area contributed by atoms with E-state index in [-0.39, 0.29) is 18.7 Å². The Morgan fingerprint density at radius 2 is 2.24 bits per heavy atom. The van der Waals surface area contributed by atoms with E-state index in [1.807, 2.05) is 0 Å². The number of carbonyl (C=O) groups is 1. The van der Waals surface area contributed by atoms with E-state index in [0.29, 0.717) is 5.69 Å². The molecule has 0 aliphatic carbocycles. The lowest BCUT2D eigenvalue weighted by Gasteiger charge is -2.06. The Morgan fingerprint density at radius 3 is 2.90 bits per heavy atom. The standard InChI is InChI=1S/C14H14N4O3/c1-2-6-16-12(19)11-8-17-14(21)18(13(11)20)9-10-5-3-4-7-15-10/h2-5,7-8H,1,6,9H2,(H,16,19)(H,17,21). The second-order valence-corrected chi connectivity index (χ2v) is 4.22. The summed E-state index contributed by atoms with van der Waals surface area (Å²) < 4.78 is 0.936. The number of pyridine rings is 1. The van der Waals surface area contributed by atoms with Crippen molar-refractivity contribution in [1.82, 2.24) is 19.9 Å². The van der Waals surface area contributed by atoms with Gasteiger partial charge in [-0.25, -0.2) is 4.79 Å². The molecular weight excluding hydrogens is 272 g/mol. The zero-order valence-electron chi connectivity index (χ0n) is 11.2. The first-order chi connectivity index (χ1) is 10.1. The number of amides is 1. The molecule has 7 nitrogen and oxygen atoms in total. The van der Waals surface area contributed by atoms with Gasteiger partial charge < -0.3 is 10.3 Å². The van der Waals surface area contributed by atoms with Gasteiger partial charge in [-0.1, -0.05) is 12.1 Å². The molecule has 0 unspecified atom stereocenters. The van der Waals surface area contributed by atoms with Gasteiger partial charge in [0.2, 0.25) is 0 Å². The molecule has 0 aromatic carbocycles. The van der Waals surface area contributed by atoms with Gasteiger partial charge in [-0.3, -0.25) is 19.1 Å². The number of aromatic amines is 1. The number of H-pyrrole nitrogens is 1. The Morgan fingerprint density at radius 1 is 1.43 bits per heavy atom. The Hall–Kier alpha value is -2.96. The van der Waals surface area contributed by atoms with Gasteiger partial charge in [0.25, 0.3) is 11.5 Å². The molecule has 0 saturated heterocycles. The Kier molecular flexibility index (Phi) is 4.45. The quantitative estimate of drug-likeness (QED) is 0.750. The number of nitrogens with zero attached hydrogens (tertiary/aromatic N) is 2. The van der Waals surface area contributed by atoms with E-state index in [2.05, 4.69) is 21.9 Å². The first kappa shape index (κ1) is 14.4. The highest BCUT2D eigenvalue weighted by Crippen LogP contribution is 1.95. The molecule has 108 valence electrons. The smallest absolute Gasteiger partial charge is 0.328 e. The summed E-state index contributed by atoms with van der Waals surface area (Å²) in [6.07, 6.45) is 4.17. The number of hydrogen-bond donors (Lipinski definition) is 2. The summed E-state index contributed by atoms with van der Waals surface area (Å²) in [5, 5.41) is 2.49. The number of carbonyl (C=O) groups excluding carboxylic acids is 1. The molecule has 2 aromatic heterocycles. The lowest BCUT2D eigenvalue weighted by atomic mass is 10.3. The van der Waals surface area contributed by atoms with Crippen LogP contribution in [0, 0.1) is 0 Å². The summed E-state index contributed by atoms with van der Waals surface area (Å²) in [4.78, 5) is 42.3. The lowest BCUT2D eigenvalue weighted by Crippen LogP contribution is -2.41. The fourth-order valence-corrected chi connectivity index (χ4v) is 1.73. The van der Waals surface area contributed by atoms with Crippen LogP contribution >= 0.6 is 0 Å². The zero-order valence-corrected chi connectivity index (χ0v) is 11.2. The highest BCUT2D eigenvalue weighted by Gasteiger charge is 2.14. The predicted octanol–water partition coefficient (Wildman–Crippen LogP) is -0.104. The topological polar surface area (TPSA) is 96.8 Å². The number of rotatable bonds is 5. The summed E-state index contributed by atoms with van der Waals surface area (Å²) in [7, 11) is 0. The Labute approximate surface area is 120 Å². The second-order valence-electron chi connectivity index (χ2n) is 4.22. The van der Waals surface area contributed by atoms with Crippen molar-refractivity contribution in [1.29, 1.82) is 0 Å². The van der Waals surface area contributed by atoms with E-state index in [1.54, 1.807) is 24.4 Å². The van der Waals surface area contributed by atoms with Crippen molar-refractivity contribution in [2.45, 2.75) is 6.54 Å². The molecule has 21 heavy (non-hydrogen) atoms. The fourth-order valence-electron chi connectivity index (χ4n) is 1.73. The van der Waals surface area contributed by atoms with Crippen molar-refractivity contribution in [3.63, 3.8) is 0 Å². The maximum atomic E-state index is 12.2. The van der Waals surface area contributed by atoms with Crippen LogP contribution in [0.4, 0.5) is 0 Å². The first-order valence-corrected chi connectivity index (χ1v) is 6.25. The maximum Gasteiger partial charge on any atom is 0.328 e. The van der Waals surface area contributed by atoms with Gasteiger partial charge in [-0.2, -0.15) is 0 Å². The molecule has 0 bridgehead atoms. The molecule has 2 heterocycles. The van der Waals surface area contributed by atoms with Crippen LogP contribution in [0.3, 0.4) is 0 Å². The summed E-state index contributed by atoms with van der Waals surface area (Å²) in [5.74, 6) is -0.564. The molecule has 1 amide bonds. The van der Waals surface area contributed by atoms with Gasteiger partial charge >= 0.3 is 5.69 Å². The second kappa shape index (κ2) is 6.47. The van der Waals surface area contributed by atoms with Crippen molar-refractivity contribution in [3.8, 4) is 0 Å². The molecule has 0 saturated carbocycles. The van der Waals surface area contributed by atoms with Crippen molar-refractivity contribution in [2.75, 3.05) is 6.54 Å². The molecule has 0 spiro atoms. The highest BCUT2D eigenvalue weighted by molar-refractivity contribution is 5.93. The lowest BCUT2D eigenvalue weighted by molar-refractivity contribution is 0.0955. The van der Waals surface area contributed by atoms with E-state index >= 15 is 0 Å². The van der Waals surface area contributed by atoms with Crippen LogP contribution in [0.25, 0.3) is 0 Å². The number of hydrogen-bond acceptors (Lipinski definition) is 4. The monoisotopic (exact) mass is 286 g/mol. The summed E-state index contributed by atoms with van der Waals surface area (Å²) in [6, 6.07) is 5.17. The SMILES string of the molecule is C=CCNC(=O)c1c[nH]c(=O)n(Cc2ccccn2)c1=O. The van der Waals surface area contributed by atoms with E-state index in [9.17, 15) is 14.4 Å². The third-order valence-electron chi connectivity index (χ3n) is 2.76. The Bertz CT molecular complexity index is 762. The predicted molar refractivity (Wildman–Crippen MR) is 77.2 cm³/mol. The number of nitrogens with one attached hydrogen (secondary N) is 2. The van der Waals surface area contributed by atoms with Gasteiger partial charge in [-0.15, -0.1) is 6.58 Å². The van der Waals surface area contributed by atoms with Crippen molar-refractivity contribution in [2.24, 2.45) is 0 Å². The third kappa shape index (κ3) is 3.33. The largest absolute Gasteiger partial charge is 0.348 e. The molecule has 2 aromatic rings. The van der Waals surface area contributed by atoms with E-state index in [1.165, 1.54) is 6.08 Å². The fraction of sp³-hybridized carbons (Fsp3) is 0.143.